The highest BCUT2D eigenvalue weighted by Gasteiger charge is 2.32. The van der Waals surface area contributed by atoms with Crippen LogP contribution in [0.4, 0.5) is 10.5 Å². The second-order valence-electron chi connectivity index (χ2n) is 6.19. The summed E-state index contributed by atoms with van der Waals surface area (Å²) in [5.41, 5.74) is 7.11. The number of carbonyl (C=O) groups excluding carboxylic acids is 1. The van der Waals surface area contributed by atoms with Crippen LogP contribution in [0.1, 0.15) is 51.6 Å². The fourth-order valence-corrected chi connectivity index (χ4v) is 2.51. The first-order chi connectivity index (χ1) is 9.38. The minimum atomic E-state index is -0.483. The fourth-order valence-electron chi connectivity index (χ4n) is 2.51. The molecule has 1 amide bonds. The van der Waals surface area contributed by atoms with E-state index in [4.69, 9.17) is 10.5 Å². The molecule has 1 fully saturated rings. The molecule has 1 aliphatic heterocycles. The van der Waals surface area contributed by atoms with Gasteiger partial charge in [0.15, 0.2) is 0 Å². The van der Waals surface area contributed by atoms with E-state index in [1.165, 1.54) is 0 Å². The van der Waals surface area contributed by atoms with Gasteiger partial charge in [0.05, 0.1) is 17.9 Å². The molecule has 1 unspecified atom stereocenters. The van der Waals surface area contributed by atoms with Gasteiger partial charge in [-0.05, 0) is 46.1 Å². The first kappa shape index (κ1) is 14.6. The standard InChI is InChI=1S/C15H23N3O2/c1-15(2,3)20-14(19)18-9-5-4-6-13(18)11-7-8-17-10-12(11)16/h7-8,10,13H,4-6,9,16H2,1-3H3. The van der Waals surface area contributed by atoms with E-state index in [1.54, 1.807) is 17.3 Å². The minimum absolute atomic E-state index is 0.0124. The number of nitrogen functional groups attached to an aromatic ring is 1. The fraction of sp³-hybridized carbons (Fsp3) is 0.600. The molecule has 1 aromatic rings. The highest BCUT2D eigenvalue weighted by atomic mass is 16.6. The lowest BCUT2D eigenvalue weighted by molar-refractivity contribution is 0.00960. The second kappa shape index (κ2) is 5.69. The van der Waals surface area contributed by atoms with Crippen LogP contribution in [0.5, 0.6) is 0 Å². The number of anilines is 1. The zero-order valence-electron chi connectivity index (χ0n) is 12.4. The predicted octanol–water partition coefficient (Wildman–Crippen LogP) is 3.13. The summed E-state index contributed by atoms with van der Waals surface area (Å²) in [6.07, 6.45) is 6.09. The number of likely N-dealkylation sites (tertiary alicyclic amines) is 1. The molecule has 0 bridgehead atoms. The number of nitrogens with two attached hydrogens (primary N) is 1. The quantitative estimate of drug-likeness (QED) is 0.856. The summed E-state index contributed by atoms with van der Waals surface area (Å²) in [5, 5.41) is 0. The number of hydrogen-bond donors (Lipinski definition) is 1. The average molecular weight is 277 g/mol. The molecule has 0 aromatic carbocycles. The Labute approximate surface area is 120 Å². The summed E-state index contributed by atoms with van der Waals surface area (Å²) >= 11 is 0. The van der Waals surface area contributed by atoms with Crippen LogP contribution in [-0.2, 0) is 4.74 Å². The number of aromatic nitrogens is 1. The molecule has 5 heteroatoms. The van der Waals surface area contributed by atoms with E-state index >= 15 is 0 Å². The number of ether oxygens (including phenoxy) is 1. The van der Waals surface area contributed by atoms with Crippen LogP contribution >= 0.6 is 0 Å². The maximum atomic E-state index is 12.4. The summed E-state index contributed by atoms with van der Waals surface area (Å²) in [5.74, 6) is 0. The van der Waals surface area contributed by atoms with Gasteiger partial charge in [0, 0.05) is 18.3 Å². The van der Waals surface area contributed by atoms with Crippen molar-refractivity contribution in [3.8, 4) is 0 Å². The monoisotopic (exact) mass is 277 g/mol. The molecular formula is C15H23N3O2. The van der Waals surface area contributed by atoms with E-state index in [0.717, 1.165) is 24.8 Å². The summed E-state index contributed by atoms with van der Waals surface area (Å²) in [6.45, 7) is 6.35. The molecule has 2 heterocycles. The zero-order chi connectivity index (χ0) is 14.8. The molecule has 20 heavy (non-hydrogen) atoms. The summed E-state index contributed by atoms with van der Waals surface area (Å²) in [6, 6.07) is 1.88. The highest BCUT2D eigenvalue weighted by Crippen LogP contribution is 2.34. The summed E-state index contributed by atoms with van der Waals surface area (Å²) in [7, 11) is 0. The van der Waals surface area contributed by atoms with Gasteiger partial charge in [-0.2, -0.15) is 0 Å². The maximum absolute atomic E-state index is 12.4. The van der Waals surface area contributed by atoms with Gasteiger partial charge in [0.25, 0.3) is 0 Å². The van der Waals surface area contributed by atoms with Crippen LogP contribution in [0, 0.1) is 0 Å². The molecule has 0 aliphatic carbocycles. The Morgan fingerprint density at radius 1 is 1.45 bits per heavy atom. The molecule has 1 atom stereocenters. The van der Waals surface area contributed by atoms with Crippen LogP contribution in [0.15, 0.2) is 18.5 Å². The number of carbonyl (C=O) groups is 1. The van der Waals surface area contributed by atoms with E-state index in [9.17, 15) is 4.79 Å². The lowest BCUT2D eigenvalue weighted by atomic mass is 9.95. The molecule has 0 spiro atoms. The Bertz CT molecular complexity index is 482. The topological polar surface area (TPSA) is 68.5 Å². The van der Waals surface area contributed by atoms with Crippen molar-refractivity contribution in [2.75, 3.05) is 12.3 Å². The Kier molecular flexibility index (Phi) is 4.16. The van der Waals surface area contributed by atoms with Gasteiger partial charge >= 0.3 is 6.09 Å². The van der Waals surface area contributed by atoms with Gasteiger partial charge in [-0.15, -0.1) is 0 Å². The first-order valence-electron chi connectivity index (χ1n) is 7.07. The summed E-state index contributed by atoms with van der Waals surface area (Å²) in [4.78, 5) is 18.2. The number of rotatable bonds is 1. The van der Waals surface area contributed by atoms with Gasteiger partial charge in [-0.3, -0.25) is 4.98 Å². The predicted molar refractivity (Wildman–Crippen MR) is 78.2 cm³/mol. The molecule has 1 aliphatic rings. The Hall–Kier alpha value is -1.78. The van der Waals surface area contributed by atoms with Gasteiger partial charge in [0.1, 0.15) is 5.60 Å². The molecular weight excluding hydrogens is 254 g/mol. The molecule has 5 nitrogen and oxygen atoms in total. The van der Waals surface area contributed by atoms with Crippen molar-refractivity contribution in [1.82, 2.24) is 9.88 Å². The van der Waals surface area contributed by atoms with Crippen molar-refractivity contribution >= 4 is 11.8 Å². The van der Waals surface area contributed by atoms with Gasteiger partial charge in [0.2, 0.25) is 0 Å². The molecule has 0 saturated carbocycles. The van der Waals surface area contributed by atoms with E-state index in [1.807, 2.05) is 26.8 Å². The van der Waals surface area contributed by atoms with Crippen LogP contribution in [0.2, 0.25) is 0 Å². The number of hydrogen-bond acceptors (Lipinski definition) is 4. The third-order valence-electron chi connectivity index (χ3n) is 3.38. The highest BCUT2D eigenvalue weighted by molar-refractivity contribution is 5.69. The Morgan fingerprint density at radius 3 is 2.85 bits per heavy atom. The van der Waals surface area contributed by atoms with E-state index in [2.05, 4.69) is 4.98 Å². The Balaban J connectivity index is 2.22. The molecule has 1 saturated heterocycles. The summed E-state index contributed by atoms with van der Waals surface area (Å²) < 4.78 is 5.50. The van der Waals surface area contributed by atoms with E-state index in [0.29, 0.717) is 12.2 Å². The third kappa shape index (κ3) is 3.40. The second-order valence-corrected chi connectivity index (χ2v) is 6.19. The van der Waals surface area contributed by atoms with Crippen molar-refractivity contribution < 1.29 is 9.53 Å². The SMILES string of the molecule is CC(C)(C)OC(=O)N1CCCCC1c1ccncc1N. The number of piperidine rings is 1. The van der Waals surface area contributed by atoms with Crippen LogP contribution in [0.3, 0.4) is 0 Å². The van der Waals surface area contributed by atoms with Crippen molar-refractivity contribution in [3.63, 3.8) is 0 Å². The van der Waals surface area contributed by atoms with Crippen LogP contribution in [-0.4, -0.2) is 28.1 Å². The van der Waals surface area contributed by atoms with Crippen molar-refractivity contribution in [2.24, 2.45) is 0 Å². The van der Waals surface area contributed by atoms with Crippen LogP contribution < -0.4 is 5.73 Å². The van der Waals surface area contributed by atoms with Crippen molar-refractivity contribution in [2.45, 2.75) is 51.7 Å². The third-order valence-corrected chi connectivity index (χ3v) is 3.38. The largest absolute Gasteiger partial charge is 0.444 e. The minimum Gasteiger partial charge on any atom is -0.444 e. The van der Waals surface area contributed by atoms with Crippen molar-refractivity contribution in [3.05, 3.63) is 24.0 Å². The van der Waals surface area contributed by atoms with Gasteiger partial charge in [-0.1, -0.05) is 0 Å². The molecule has 1 aromatic heterocycles. The van der Waals surface area contributed by atoms with Crippen molar-refractivity contribution in [1.29, 1.82) is 0 Å². The number of amides is 1. The van der Waals surface area contributed by atoms with Crippen LogP contribution in [0.25, 0.3) is 0 Å². The first-order valence-corrected chi connectivity index (χ1v) is 7.07. The normalized spacial score (nSPS) is 19.8. The lowest BCUT2D eigenvalue weighted by Gasteiger charge is -2.37. The molecule has 110 valence electrons. The maximum Gasteiger partial charge on any atom is 0.410 e. The number of nitrogens with zero attached hydrogens (tertiary/aromatic N) is 2. The van der Waals surface area contributed by atoms with Gasteiger partial charge in [-0.25, -0.2) is 4.79 Å². The molecule has 2 rings (SSSR count). The lowest BCUT2D eigenvalue weighted by Crippen LogP contribution is -2.42. The Morgan fingerprint density at radius 2 is 2.20 bits per heavy atom. The molecule has 2 N–H and O–H groups in total. The van der Waals surface area contributed by atoms with Gasteiger partial charge < -0.3 is 15.4 Å². The molecule has 0 radical (unpaired) electrons. The van der Waals surface area contributed by atoms with E-state index < -0.39 is 5.60 Å². The van der Waals surface area contributed by atoms with E-state index in [-0.39, 0.29) is 12.1 Å². The average Bonchev–Trinajstić information content (AvgIpc) is 2.37. The number of pyridine rings is 1. The smallest absolute Gasteiger partial charge is 0.410 e. The zero-order valence-corrected chi connectivity index (χ0v) is 12.4.